The SMILES string of the molecule is COc1ccc(CN2Cc3nc(N)ccc3N3CCOCC3C2)cc1. The molecule has 1 aromatic heterocycles. The maximum absolute atomic E-state index is 5.94. The largest absolute Gasteiger partial charge is 0.497 e. The minimum atomic E-state index is 0.346. The average Bonchev–Trinajstić information content (AvgIpc) is 2.78. The molecule has 1 aromatic carbocycles. The van der Waals surface area contributed by atoms with Gasteiger partial charge in [0.1, 0.15) is 11.6 Å². The van der Waals surface area contributed by atoms with Gasteiger partial charge >= 0.3 is 0 Å². The van der Waals surface area contributed by atoms with Crippen molar-refractivity contribution in [1.82, 2.24) is 9.88 Å². The Hall–Kier alpha value is -2.31. The molecule has 0 amide bonds. The molecule has 1 saturated heterocycles. The van der Waals surface area contributed by atoms with Gasteiger partial charge in [0.25, 0.3) is 0 Å². The minimum Gasteiger partial charge on any atom is -0.497 e. The number of methoxy groups -OCH3 is 1. The molecule has 2 aliphatic heterocycles. The lowest BCUT2D eigenvalue weighted by Crippen LogP contribution is -2.49. The lowest BCUT2D eigenvalue weighted by molar-refractivity contribution is 0.0797. The van der Waals surface area contributed by atoms with Crippen molar-refractivity contribution in [2.45, 2.75) is 19.1 Å². The number of nitrogens with two attached hydrogens (primary N) is 1. The van der Waals surface area contributed by atoms with E-state index in [0.29, 0.717) is 11.9 Å². The van der Waals surface area contributed by atoms with Gasteiger partial charge in [0, 0.05) is 26.2 Å². The van der Waals surface area contributed by atoms with Crippen molar-refractivity contribution in [2.75, 3.05) is 44.0 Å². The van der Waals surface area contributed by atoms with Crippen LogP contribution in [0.15, 0.2) is 36.4 Å². The van der Waals surface area contributed by atoms with Crippen molar-refractivity contribution in [3.05, 3.63) is 47.7 Å². The molecule has 2 aliphatic rings. The van der Waals surface area contributed by atoms with Crippen LogP contribution in [0.25, 0.3) is 0 Å². The second kappa shape index (κ2) is 6.90. The Bertz CT molecular complexity index is 735. The number of aromatic nitrogens is 1. The third kappa shape index (κ3) is 3.41. The molecule has 6 nitrogen and oxygen atoms in total. The Labute approximate surface area is 148 Å². The zero-order chi connectivity index (χ0) is 17.2. The molecule has 1 unspecified atom stereocenters. The van der Waals surface area contributed by atoms with Crippen molar-refractivity contribution in [2.24, 2.45) is 0 Å². The van der Waals surface area contributed by atoms with E-state index < -0.39 is 0 Å². The van der Waals surface area contributed by atoms with E-state index in [1.54, 1.807) is 7.11 Å². The number of nitrogens with zero attached hydrogens (tertiary/aromatic N) is 3. The monoisotopic (exact) mass is 340 g/mol. The Morgan fingerprint density at radius 1 is 1.24 bits per heavy atom. The molecular weight excluding hydrogens is 316 g/mol. The van der Waals surface area contributed by atoms with Gasteiger partial charge in [-0.25, -0.2) is 4.98 Å². The fourth-order valence-electron chi connectivity index (χ4n) is 3.70. The Balaban J connectivity index is 1.60. The number of nitrogen functional groups attached to an aromatic ring is 1. The number of morpholine rings is 1. The van der Waals surface area contributed by atoms with Gasteiger partial charge in [-0.1, -0.05) is 12.1 Å². The van der Waals surface area contributed by atoms with E-state index in [1.165, 1.54) is 11.3 Å². The summed E-state index contributed by atoms with van der Waals surface area (Å²) in [4.78, 5) is 9.47. The van der Waals surface area contributed by atoms with Crippen LogP contribution in [-0.4, -0.2) is 49.3 Å². The highest BCUT2D eigenvalue weighted by molar-refractivity contribution is 5.56. The summed E-state index contributed by atoms with van der Waals surface area (Å²) in [5, 5.41) is 0. The van der Waals surface area contributed by atoms with E-state index in [2.05, 4.69) is 33.0 Å². The van der Waals surface area contributed by atoms with Crippen molar-refractivity contribution in [3.63, 3.8) is 0 Å². The summed E-state index contributed by atoms with van der Waals surface area (Å²) in [7, 11) is 1.69. The van der Waals surface area contributed by atoms with Gasteiger partial charge in [-0.15, -0.1) is 0 Å². The first kappa shape index (κ1) is 16.2. The molecule has 2 N–H and O–H groups in total. The van der Waals surface area contributed by atoms with Gasteiger partial charge in [-0.2, -0.15) is 0 Å². The zero-order valence-electron chi connectivity index (χ0n) is 14.5. The van der Waals surface area contributed by atoms with Crippen LogP contribution in [0, 0.1) is 0 Å². The first-order valence-electron chi connectivity index (χ1n) is 8.68. The Morgan fingerprint density at radius 3 is 2.88 bits per heavy atom. The molecule has 1 atom stereocenters. The first-order valence-corrected chi connectivity index (χ1v) is 8.68. The number of anilines is 2. The quantitative estimate of drug-likeness (QED) is 0.921. The number of hydrogen-bond donors (Lipinski definition) is 1. The molecule has 0 bridgehead atoms. The summed E-state index contributed by atoms with van der Waals surface area (Å²) in [6.07, 6.45) is 0. The summed E-state index contributed by atoms with van der Waals surface area (Å²) in [6.45, 7) is 5.02. The molecule has 0 radical (unpaired) electrons. The summed E-state index contributed by atoms with van der Waals surface area (Å²) in [5.41, 5.74) is 9.45. The van der Waals surface area contributed by atoms with Crippen molar-refractivity contribution < 1.29 is 9.47 Å². The zero-order valence-corrected chi connectivity index (χ0v) is 14.5. The van der Waals surface area contributed by atoms with Gasteiger partial charge in [0.2, 0.25) is 0 Å². The van der Waals surface area contributed by atoms with Crippen LogP contribution in [0.5, 0.6) is 5.75 Å². The topological polar surface area (TPSA) is 63.8 Å². The molecule has 0 spiro atoms. The Morgan fingerprint density at radius 2 is 2.08 bits per heavy atom. The standard InChI is InChI=1S/C19H24N4O2/c1-24-16-4-2-14(3-5-16)10-22-11-15-13-25-9-8-23(15)18-6-7-19(20)21-17(18)12-22/h2-7,15H,8-13H2,1H3,(H2,20,21). The number of pyridine rings is 1. The van der Waals surface area contributed by atoms with Crippen LogP contribution >= 0.6 is 0 Å². The molecular formula is C19H24N4O2. The molecule has 0 aliphatic carbocycles. The highest BCUT2D eigenvalue weighted by Gasteiger charge is 2.31. The van der Waals surface area contributed by atoms with Gasteiger partial charge in [0.05, 0.1) is 37.7 Å². The Kier molecular flexibility index (Phi) is 4.46. The predicted octanol–water partition coefficient (Wildman–Crippen LogP) is 1.89. The third-order valence-electron chi connectivity index (χ3n) is 4.92. The maximum Gasteiger partial charge on any atom is 0.123 e. The summed E-state index contributed by atoms with van der Waals surface area (Å²) in [5.74, 6) is 1.46. The highest BCUT2D eigenvalue weighted by Crippen LogP contribution is 2.29. The fourth-order valence-corrected chi connectivity index (χ4v) is 3.70. The molecule has 132 valence electrons. The van der Waals surface area contributed by atoms with E-state index in [4.69, 9.17) is 15.2 Å². The van der Waals surface area contributed by atoms with Crippen LogP contribution in [0.2, 0.25) is 0 Å². The van der Waals surface area contributed by atoms with Crippen molar-refractivity contribution >= 4 is 11.5 Å². The number of benzene rings is 1. The molecule has 1 fully saturated rings. The highest BCUT2D eigenvalue weighted by atomic mass is 16.5. The van der Waals surface area contributed by atoms with Crippen LogP contribution in [0.1, 0.15) is 11.3 Å². The smallest absolute Gasteiger partial charge is 0.123 e. The molecule has 3 heterocycles. The molecule has 25 heavy (non-hydrogen) atoms. The van der Waals surface area contributed by atoms with E-state index in [1.807, 2.05) is 18.2 Å². The first-order chi connectivity index (χ1) is 12.2. The van der Waals surface area contributed by atoms with E-state index in [-0.39, 0.29) is 0 Å². The van der Waals surface area contributed by atoms with Gasteiger partial charge in [0.15, 0.2) is 0 Å². The summed E-state index contributed by atoms with van der Waals surface area (Å²) < 4.78 is 11.0. The van der Waals surface area contributed by atoms with Crippen LogP contribution in [-0.2, 0) is 17.8 Å². The van der Waals surface area contributed by atoms with E-state index in [9.17, 15) is 0 Å². The normalized spacial score (nSPS) is 20.5. The number of ether oxygens (including phenoxy) is 2. The lowest BCUT2D eigenvalue weighted by atomic mass is 10.1. The summed E-state index contributed by atoms with van der Waals surface area (Å²) >= 11 is 0. The molecule has 2 aromatic rings. The van der Waals surface area contributed by atoms with Gasteiger partial charge in [-0.3, -0.25) is 4.90 Å². The molecule has 6 heteroatoms. The molecule has 4 rings (SSSR count). The fraction of sp³-hybridized carbons (Fsp3) is 0.421. The number of hydrogen-bond acceptors (Lipinski definition) is 6. The van der Waals surface area contributed by atoms with Crippen molar-refractivity contribution in [1.29, 1.82) is 0 Å². The third-order valence-corrected chi connectivity index (χ3v) is 4.92. The van der Waals surface area contributed by atoms with E-state index in [0.717, 1.165) is 50.8 Å². The van der Waals surface area contributed by atoms with Crippen LogP contribution in [0.3, 0.4) is 0 Å². The maximum atomic E-state index is 5.94. The number of rotatable bonds is 3. The van der Waals surface area contributed by atoms with Crippen LogP contribution in [0.4, 0.5) is 11.5 Å². The molecule has 0 saturated carbocycles. The lowest BCUT2D eigenvalue weighted by Gasteiger charge is -2.37. The minimum absolute atomic E-state index is 0.346. The van der Waals surface area contributed by atoms with Crippen molar-refractivity contribution in [3.8, 4) is 5.75 Å². The van der Waals surface area contributed by atoms with Gasteiger partial charge < -0.3 is 20.1 Å². The van der Waals surface area contributed by atoms with E-state index >= 15 is 0 Å². The van der Waals surface area contributed by atoms with Gasteiger partial charge in [-0.05, 0) is 29.8 Å². The number of fused-ring (bicyclic) bond motifs is 3. The van der Waals surface area contributed by atoms with Crippen LogP contribution < -0.4 is 15.4 Å². The average molecular weight is 340 g/mol. The summed E-state index contributed by atoms with van der Waals surface area (Å²) in [6, 6.07) is 12.6. The second-order valence-corrected chi connectivity index (χ2v) is 6.64. The predicted molar refractivity (Wildman–Crippen MR) is 97.7 cm³/mol. The second-order valence-electron chi connectivity index (χ2n) is 6.64.